The lowest BCUT2D eigenvalue weighted by Crippen LogP contribution is -2.49. The van der Waals surface area contributed by atoms with Crippen LogP contribution in [0, 0.1) is 11.3 Å². The van der Waals surface area contributed by atoms with Gasteiger partial charge in [0.2, 0.25) is 5.95 Å². The Morgan fingerprint density at radius 1 is 0.766 bits per heavy atom. The molecule has 2 aromatic heterocycles. The summed E-state index contributed by atoms with van der Waals surface area (Å²) in [6.07, 6.45) is -1.06. The van der Waals surface area contributed by atoms with Crippen LogP contribution in [0.1, 0.15) is 57.0 Å². The first kappa shape index (κ1) is 54.3. The molecular weight excluding hydrogens is 1000 g/mol. The molecule has 5 aromatic carbocycles. The third kappa shape index (κ3) is 12.0. The van der Waals surface area contributed by atoms with Gasteiger partial charge >= 0.3 is 0 Å². The minimum absolute atomic E-state index is 0.00448. The fourth-order valence-corrected chi connectivity index (χ4v) is 11.3. The molecule has 5 atom stereocenters. The molecule has 0 aliphatic carbocycles. The highest BCUT2D eigenvalue weighted by Gasteiger charge is 2.65. The first-order chi connectivity index (χ1) is 37.4. The Morgan fingerprint density at radius 3 is 1.86 bits per heavy atom. The SMILES string of the molecule is COc1ccc(C(OC[C@@]23CO[C@@H]([C@H](n4cnc5c(NC(=O)COc6ccccc6)nc(NC(=O)COc6ccccc6)nc54)O2)[C@@H]3OP(OCCC#N)N(C(C)C)C(C)C)(c2ccccc2)c2ccc(OC)cc2)cc1. The molecule has 0 saturated carbocycles. The Kier molecular flexibility index (Phi) is 17.4. The Morgan fingerprint density at radius 2 is 1.31 bits per heavy atom. The van der Waals surface area contributed by atoms with Crippen molar-refractivity contribution in [3.63, 3.8) is 0 Å². The first-order valence-electron chi connectivity index (χ1n) is 25.2. The maximum Gasteiger partial charge on any atom is 0.264 e. The van der Waals surface area contributed by atoms with Crippen molar-refractivity contribution in [3.8, 4) is 29.1 Å². The summed E-state index contributed by atoms with van der Waals surface area (Å²) in [5.41, 5.74) is 0.167. The number of benzene rings is 5. The molecule has 20 heteroatoms. The number of hydrogen-bond donors (Lipinski definition) is 2. The van der Waals surface area contributed by atoms with Gasteiger partial charge in [-0.3, -0.25) is 19.5 Å². The van der Waals surface area contributed by atoms with Crippen LogP contribution in [0.4, 0.5) is 11.8 Å². The number of aromatic nitrogens is 4. The van der Waals surface area contributed by atoms with Gasteiger partial charge in [0.05, 0.1) is 52.9 Å². The van der Waals surface area contributed by atoms with Gasteiger partial charge in [0.15, 0.2) is 36.4 Å². The van der Waals surface area contributed by atoms with Crippen molar-refractivity contribution in [2.45, 2.75) is 75.8 Å². The number of methoxy groups -OCH3 is 2. The van der Waals surface area contributed by atoms with Gasteiger partial charge in [-0.05, 0) is 92.9 Å². The summed E-state index contributed by atoms with van der Waals surface area (Å²) in [7, 11) is 1.37. The highest BCUT2D eigenvalue weighted by atomic mass is 31.2. The number of ether oxygens (including phenoxy) is 7. The van der Waals surface area contributed by atoms with E-state index in [0.29, 0.717) is 23.0 Å². The normalized spacial score (nSPS) is 18.3. The van der Waals surface area contributed by atoms with E-state index in [4.69, 9.17) is 52.2 Å². The van der Waals surface area contributed by atoms with E-state index in [2.05, 4.69) is 54.1 Å². The number of para-hydroxylation sites is 2. The van der Waals surface area contributed by atoms with E-state index in [1.165, 1.54) is 6.33 Å². The molecule has 19 nitrogen and oxygen atoms in total. The fourth-order valence-electron chi connectivity index (χ4n) is 9.48. The molecule has 7 aromatic rings. The van der Waals surface area contributed by atoms with Crippen LogP contribution < -0.4 is 29.6 Å². The van der Waals surface area contributed by atoms with Gasteiger partial charge in [-0.2, -0.15) is 15.2 Å². The number of fused-ring (bicyclic) bond motifs is 3. The molecule has 0 radical (unpaired) electrons. The third-order valence-corrected chi connectivity index (χ3v) is 15.1. The second-order valence-corrected chi connectivity index (χ2v) is 20.1. The van der Waals surface area contributed by atoms with E-state index in [1.807, 2.05) is 91.0 Å². The highest BCUT2D eigenvalue weighted by molar-refractivity contribution is 7.44. The molecule has 0 spiro atoms. The van der Waals surface area contributed by atoms with Crippen molar-refractivity contribution in [3.05, 3.63) is 163 Å². The maximum atomic E-state index is 13.6. The van der Waals surface area contributed by atoms with E-state index in [9.17, 15) is 14.9 Å². The summed E-state index contributed by atoms with van der Waals surface area (Å²) < 4.78 is 62.1. The van der Waals surface area contributed by atoms with Gasteiger partial charge in [-0.1, -0.05) is 91.0 Å². The molecule has 2 bridgehead atoms. The zero-order chi connectivity index (χ0) is 53.9. The summed E-state index contributed by atoms with van der Waals surface area (Å²) in [6.45, 7) is 7.59. The average Bonchev–Trinajstić information content (AvgIpc) is 4.19. The Balaban J connectivity index is 1.14. The lowest BCUT2D eigenvalue weighted by molar-refractivity contribution is -0.202. The van der Waals surface area contributed by atoms with Crippen LogP contribution in [0.3, 0.4) is 0 Å². The molecule has 77 heavy (non-hydrogen) atoms. The number of nitriles is 1. The fraction of sp³-hybridized carbons (Fsp3) is 0.333. The Bertz CT molecular complexity index is 3060. The smallest absolute Gasteiger partial charge is 0.264 e. The molecule has 2 saturated heterocycles. The zero-order valence-electron chi connectivity index (χ0n) is 43.6. The average molecular weight is 1070 g/mol. The van der Waals surface area contributed by atoms with Crippen LogP contribution in [-0.2, 0) is 38.4 Å². The Hall–Kier alpha value is -7.53. The van der Waals surface area contributed by atoms with Crippen molar-refractivity contribution in [1.29, 1.82) is 5.26 Å². The van der Waals surface area contributed by atoms with Crippen molar-refractivity contribution >= 4 is 43.3 Å². The summed E-state index contributed by atoms with van der Waals surface area (Å²) in [5.74, 6) is 1.05. The molecule has 2 N–H and O–H groups in total. The lowest BCUT2D eigenvalue weighted by atomic mass is 9.79. The number of hydrogen-bond acceptors (Lipinski definition) is 16. The molecule has 1 unspecified atom stereocenters. The maximum absolute atomic E-state index is 13.6. The lowest BCUT2D eigenvalue weighted by Gasteiger charge is -2.41. The van der Waals surface area contributed by atoms with Crippen molar-refractivity contribution in [2.75, 3.05) is 57.9 Å². The molecule has 4 heterocycles. The largest absolute Gasteiger partial charge is 0.497 e. The van der Waals surface area contributed by atoms with Crippen molar-refractivity contribution < 1.29 is 51.8 Å². The number of nitrogens with one attached hydrogen (secondary N) is 2. The second kappa shape index (κ2) is 24.6. The van der Waals surface area contributed by atoms with Gasteiger partial charge in [0, 0.05) is 12.1 Å². The van der Waals surface area contributed by atoms with Gasteiger partial charge in [-0.15, -0.1) is 0 Å². The van der Waals surface area contributed by atoms with Gasteiger partial charge in [0.1, 0.15) is 46.4 Å². The van der Waals surface area contributed by atoms with Crippen molar-refractivity contribution in [2.24, 2.45) is 0 Å². The number of imidazole rings is 1. The van der Waals surface area contributed by atoms with Gasteiger partial charge < -0.3 is 47.5 Å². The van der Waals surface area contributed by atoms with E-state index in [0.717, 1.165) is 16.7 Å². The van der Waals surface area contributed by atoms with Crippen LogP contribution in [-0.4, -0.2) is 113 Å². The van der Waals surface area contributed by atoms with E-state index in [-0.39, 0.29) is 74.5 Å². The zero-order valence-corrected chi connectivity index (χ0v) is 44.5. The highest BCUT2D eigenvalue weighted by Crippen LogP contribution is 2.56. The molecule has 9 rings (SSSR count). The molecule has 2 aliphatic heterocycles. The summed E-state index contributed by atoms with van der Waals surface area (Å²) in [4.78, 5) is 41.2. The first-order valence-corrected chi connectivity index (χ1v) is 26.3. The Labute approximate surface area is 448 Å². The molecule has 2 amide bonds. The van der Waals surface area contributed by atoms with Crippen LogP contribution in [0.5, 0.6) is 23.0 Å². The van der Waals surface area contributed by atoms with E-state index >= 15 is 0 Å². The van der Waals surface area contributed by atoms with Crippen LogP contribution >= 0.6 is 8.53 Å². The standard InChI is InChI=1S/C57H61N8O11P/c1-38(2)65(39(3)4)77(74-32-16-31-58)76-51-50-54(75-56(51,35-72-50)36-73-57(40-17-10-7-11-18-40,41-23-27-43(68-5)28-24-41)42-25-29-44(69-6)30-26-42)64-37-59-49-52(60-47(66)33-70-45-19-12-8-13-20-45)62-55(63-53(49)64)61-48(67)34-71-46-21-14-9-15-22-46/h7-15,17-30,37-39,50-51,54H,16,32-36H2,1-6H3,(H2,60,61,62,63,66,67)/t50-,51+,54-,56-,77?/m1/s1. The predicted octanol–water partition coefficient (Wildman–Crippen LogP) is 9.21. The number of carbonyl (C=O) groups excluding carboxylic acids is 2. The summed E-state index contributed by atoms with van der Waals surface area (Å²) in [6, 6.07) is 45.3. The number of carbonyl (C=O) groups is 2. The van der Waals surface area contributed by atoms with Gasteiger partial charge in [-0.25, -0.2) is 9.65 Å². The summed E-state index contributed by atoms with van der Waals surface area (Å²) >= 11 is 0. The van der Waals surface area contributed by atoms with E-state index < -0.39 is 50.0 Å². The third-order valence-electron chi connectivity index (χ3n) is 13.0. The minimum Gasteiger partial charge on any atom is -0.497 e. The summed E-state index contributed by atoms with van der Waals surface area (Å²) in [5, 5.41) is 15.2. The van der Waals surface area contributed by atoms with Crippen LogP contribution in [0.15, 0.2) is 146 Å². The predicted molar refractivity (Wildman–Crippen MR) is 287 cm³/mol. The molecule has 2 aliphatic rings. The molecule has 2 fully saturated rings. The molecular formula is C57H61N8O11P. The van der Waals surface area contributed by atoms with Crippen LogP contribution in [0.25, 0.3) is 11.2 Å². The number of anilines is 2. The topological polar surface area (TPSA) is 212 Å². The monoisotopic (exact) mass is 1060 g/mol. The quantitative estimate of drug-likeness (QED) is 0.0310. The van der Waals surface area contributed by atoms with E-state index in [1.54, 1.807) is 67.3 Å². The van der Waals surface area contributed by atoms with Gasteiger partial charge in [0.25, 0.3) is 20.3 Å². The van der Waals surface area contributed by atoms with Crippen LogP contribution in [0.2, 0.25) is 0 Å². The number of rotatable bonds is 25. The molecule has 400 valence electrons. The van der Waals surface area contributed by atoms with Crippen molar-refractivity contribution in [1.82, 2.24) is 24.2 Å². The number of nitrogens with zero attached hydrogens (tertiary/aromatic N) is 6. The second-order valence-electron chi connectivity index (χ2n) is 18.7. The number of amides is 2. The minimum atomic E-state index is -1.87.